The third-order valence-electron chi connectivity index (χ3n) is 2.73. The molecule has 2 heterocycles. The van der Waals surface area contributed by atoms with E-state index in [-0.39, 0.29) is 0 Å². The number of aromatic nitrogens is 2. The van der Waals surface area contributed by atoms with Gasteiger partial charge in [0.2, 0.25) is 11.8 Å². The molecule has 0 saturated carbocycles. The lowest BCUT2D eigenvalue weighted by Gasteiger charge is -2.09. The standard InChI is InChI=1S/C14H21N3O3S/c1-3-15-14-16-12(11-5-10-21-13(11)17-14)20-9-8-19-7-4-6-18-2/h5,10H,3-4,6-9H2,1-2H3,(H,15,16,17). The molecular formula is C14H21N3O3S. The molecule has 2 aromatic heterocycles. The Balaban J connectivity index is 1.87. The Kier molecular flexibility index (Phi) is 6.65. The third-order valence-corrected chi connectivity index (χ3v) is 3.54. The van der Waals surface area contributed by atoms with Crippen molar-refractivity contribution in [3.8, 4) is 5.88 Å². The van der Waals surface area contributed by atoms with Gasteiger partial charge in [0.05, 0.1) is 12.0 Å². The van der Waals surface area contributed by atoms with Crippen LogP contribution in [-0.2, 0) is 9.47 Å². The van der Waals surface area contributed by atoms with E-state index in [1.54, 1.807) is 18.4 Å². The summed E-state index contributed by atoms with van der Waals surface area (Å²) in [6.07, 6.45) is 0.892. The molecule has 0 fully saturated rings. The van der Waals surface area contributed by atoms with Crippen LogP contribution in [0.3, 0.4) is 0 Å². The van der Waals surface area contributed by atoms with E-state index >= 15 is 0 Å². The van der Waals surface area contributed by atoms with E-state index in [2.05, 4.69) is 15.3 Å². The van der Waals surface area contributed by atoms with Gasteiger partial charge in [-0.1, -0.05) is 0 Å². The van der Waals surface area contributed by atoms with Crippen LogP contribution in [0.5, 0.6) is 5.88 Å². The van der Waals surface area contributed by atoms with Crippen molar-refractivity contribution in [2.75, 3.05) is 45.4 Å². The van der Waals surface area contributed by atoms with Gasteiger partial charge >= 0.3 is 0 Å². The lowest BCUT2D eigenvalue weighted by atomic mass is 10.4. The molecule has 0 spiro atoms. The average molecular weight is 311 g/mol. The molecule has 116 valence electrons. The highest BCUT2D eigenvalue weighted by Crippen LogP contribution is 2.27. The zero-order valence-electron chi connectivity index (χ0n) is 12.4. The molecule has 0 bridgehead atoms. The second-order valence-electron chi connectivity index (χ2n) is 4.33. The van der Waals surface area contributed by atoms with Crippen molar-refractivity contribution in [1.82, 2.24) is 9.97 Å². The molecular weight excluding hydrogens is 290 g/mol. The number of rotatable bonds is 10. The number of nitrogens with zero attached hydrogens (tertiary/aromatic N) is 2. The summed E-state index contributed by atoms with van der Waals surface area (Å²) in [4.78, 5) is 9.76. The van der Waals surface area contributed by atoms with E-state index < -0.39 is 0 Å². The highest BCUT2D eigenvalue weighted by molar-refractivity contribution is 7.16. The van der Waals surface area contributed by atoms with Crippen LogP contribution in [0.1, 0.15) is 13.3 Å². The highest BCUT2D eigenvalue weighted by Gasteiger charge is 2.09. The Morgan fingerprint density at radius 1 is 1.19 bits per heavy atom. The van der Waals surface area contributed by atoms with Gasteiger partial charge in [-0.15, -0.1) is 11.3 Å². The molecule has 6 nitrogen and oxygen atoms in total. The molecule has 0 atom stereocenters. The van der Waals surface area contributed by atoms with Gasteiger partial charge in [-0.2, -0.15) is 4.98 Å². The Bertz CT molecular complexity index is 547. The van der Waals surface area contributed by atoms with Crippen molar-refractivity contribution in [2.24, 2.45) is 0 Å². The van der Waals surface area contributed by atoms with Crippen LogP contribution in [-0.4, -0.2) is 50.1 Å². The first-order chi connectivity index (χ1) is 10.3. The molecule has 0 aromatic carbocycles. The van der Waals surface area contributed by atoms with Crippen molar-refractivity contribution in [3.63, 3.8) is 0 Å². The number of thiophene rings is 1. The van der Waals surface area contributed by atoms with Gasteiger partial charge < -0.3 is 19.5 Å². The fourth-order valence-corrected chi connectivity index (χ4v) is 2.53. The van der Waals surface area contributed by atoms with Gasteiger partial charge in [0, 0.05) is 26.9 Å². The van der Waals surface area contributed by atoms with Crippen LogP contribution in [0.15, 0.2) is 11.4 Å². The van der Waals surface area contributed by atoms with Crippen LogP contribution in [0.25, 0.3) is 10.2 Å². The smallest absolute Gasteiger partial charge is 0.227 e. The van der Waals surface area contributed by atoms with E-state index in [4.69, 9.17) is 14.2 Å². The van der Waals surface area contributed by atoms with Crippen molar-refractivity contribution in [1.29, 1.82) is 0 Å². The van der Waals surface area contributed by atoms with E-state index in [0.29, 0.717) is 38.3 Å². The van der Waals surface area contributed by atoms with Crippen LogP contribution in [0.2, 0.25) is 0 Å². The molecule has 2 aromatic rings. The zero-order chi connectivity index (χ0) is 14.9. The molecule has 0 saturated heterocycles. The minimum absolute atomic E-state index is 0.473. The van der Waals surface area contributed by atoms with E-state index in [0.717, 1.165) is 23.2 Å². The number of methoxy groups -OCH3 is 1. The number of hydrogen-bond acceptors (Lipinski definition) is 7. The zero-order valence-corrected chi connectivity index (χ0v) is 13.2. The van der Waals surface area contributed by atoms with Gasteiger partial charge in [0.25, 0.3) is 0 Å². The Morgan fingerprint density at radius 2 is 2.10 bits per heavy atom. The van der Waals surface area contributed by atoms with Gasteiger partial charge in [0.15, 0.2) is 0 Å². The minimum Gasteiger partial charge on any atom is -0.475 e. The molecule has 1 N–H and O–H groups in total. The Hall–Kier alpha value is -1.44. The SMILES string of the molecule is CCNc1nc(OCCOCCCOC)c2ccsc2n1. The predicted octanol–water partition coefficient (Wildman–Crippen LogP) is 2.56. The van der Waals surface area contributed by atoms with Crippen molar-refractivity contribution in [2.45, 2.75) is 13.3 Å². The van der Waals surface area contributed by atoms with Crippen LogP contribution < -0.4 is 10.1 Å². The van der Waals surface area contributed by atoms with E-state index in [9.17, 15) is 0 Å². The molecule has 7 heteroatoms. The summed E-state index contributed by atoms with van der Waals surface area (Å²) < 4.78 is 16.2. The minimum atomic E-state index is 0.473. The summed E-state index contributed by atoms with van der Waals surface area (Å²) in [6, 6.07) is 1.98. The quantitative estimate of drug-likeness (QED) is 0.680. The van der Waals surface area contributed by atoms with Gasteiger partial charge in [-0.3, -0.25) is 0 Å². The first-order valence-corrected chi connectivity index (χ1v) is 7.91. The van der Waals surface area contributed by atoms with E-state index in [1.807, 2.05) is 18.4 Å². The number of hydrogen-bond donors (Lipinski definition) is 1. The number of anilines is 1. The summed E-state index contributed by atoms with van der Waals surface area (Å²) in [5.74, 6) is 1.21. The van der Waals surface area contributed by atoms with E-state index in [1.165, 1.54) is 0 Å². The normalized spacial score (nSPS) is 11.0. The molecule has 0 radical (unpaired) electrons. The summed E-state index contributed by atoms with van der Waals surface area (Å²) in [5.41, 5.74) is 0. The van der Waals surface area contributed by atoms with Crippen LogP contribution in [0, 0.1) is 0 Å². The maximum atomic E-state index is 5.73. The fraction of sp³-hybridized carbons (Fsp3) is 0.571. The average Bonchev–Trinajstić information content (AvgIpc) is 2.95. The fourth-order valence-electron chi connectivity index (χ4n) is 1.78. The van der Waals surface area contributed by atoms with Crippen molar-refractivity contribution < 1.29 is 14.2 Å². The molecule has 0 amide bonds. The van der Waals surface area contributed by atoms with Gasteiger partial charge in [0.1, 0.15) is 11.4 Å². The summed E-state index contributed by atoms with van der Waals surface area (Å²) in [6.45, 7) is 5.19. The number of fused-ring (bicyclic) bond motifs is 1. The summed E-state index contributed by atoms with van der Waals surface area (Å²) >= 11 is 1.58. The maximum absolute atomic E-state index is 5.73. The number of ether oxygens (including phenoxy) is 3. The van der Waals surface area contributed by atoms with Gasteiger partial charge in [-0.05, 0) is 24.8 Å². The molecule has 21 heavy (non-hydrogen) atoms. The highest BCUT2D eigenvalue weighted by atomic mass is 32.1. The molecule has 0 aliphatic rings. The molecule has 0 aliphatic carbocycles. The summed E-state index contributed by atoms with van der Waals surface area (Å²) in [7, 11) is 1.69. The lowest BCUT2D eigenvalue weighted by molar-refractivity contribution is 0.0800. The lowest BCUT2D eigenvalue weighted by Crippen LogP contribution is -2.10. The predicted molar refractivity (Wildman–Crippen MR) is 84.4 cm³/mol. The molecule has 0 unspecified atom stereocenters. The first kappa shape index (κ1) is 15.9. The maximum Gasteiger partial charge on any atom is 0.227 e. The summed E-state index contributed by atoms with van der Waals surface area (Å²) in [5, 5.41) is 6.05. The first-order valence-electron chi connectivity index (χ1n) is 7.03. The van der Waals surface area contributed by atoms with Crippen molar-refractivity contribution in [3.05, 3.63) is 11.4 Å². The molecule has 0 aliphatic heterocycles. The second-order valence-corrected chi connectivity index (χ2v) is 5.22. The number of nitrogens with one attached hydrogen (secondary N) is 1. The van der Waals surface area contributed by atoms with Crippen molar-refractivity contribution >= 4 is 27.5 Å². The van der Waals surface area contributed by atoms with Crippen LogP contribution in [0.4, 0.5) is 5.95 Å². The Morgan fingerprint density at radius 3 is 2.90 bits per heavy atom. The topological polar surface area (TPSA) is 65.5 Å². The second kappa shape index (κ2) is 8.76. The van der Waals surface area contributed by atoms with Gasteiger partial charge in [-0.25, -0.2) is 4.98 Å². The monoisotopic (exact) mass is 311 g/mol. The largest absolute Gasteiger partial charge is 0.475 e. The third kappa shape index (κ3) is 4.80. The van der Waals surface area contributed by atoms with Crippen LogP contribution >= 0.6 is 11.3 Å². The molecule has 2 rings (SSSR count). The Labute approximate surface area is 128 Å².